The molecule has 0 aromatic carbocycles. The maximum atomic E-state index is 11.1. The van der Waals surface area contributed by atoms with E-state index in [2.05, 4.69) is 10.1 Å². The maximum Gasteiger partial charge on any atom is 0.510 e. The lowest BCUT2D eigenvalue weighted by Gasteiger charge is -2.13. The van der Waals surface area contributed by atoms with Crippen molar-refractivity contribution in [3.63, 3.8) is 0 Å². The Labute approximate surface area is 100 Å². The number of aliphatic hydroxyl groups excluding tert-OH is 1. The van der Waals surface area contributed by atoms with E-state index < -0.39 is 19.1 Å². The molecule has 1 unspecified atom stereocenters. The summed E-state index contributed by atoms with van der Waals surface area (Å²) in [4.78, 5) is 21.9. The molecule has 0 radical (unpaired) electrons. The van der Waals surface area contributed by atoms with Crippen LogP contribution in [0.2, 0.25) is 0 Å². The Balaban J connectivity index is 3.60. The number of aliphatic hydroxyl groups is 1. The molecule has 0 aromatic heterocycles. The average Bonchev–Trinajstić information content (AvgIpc) is 2.16. The maximum absolute atomic E-state index is 11.1. The molecular formula is C10H19NO6. The lowest BCUT2D eigenvalue weighted by molar-refractivity contribution is -0.146. The first-order valence-electron chi connectivity index (χ1n) is 5.30. The van der Waals surface area contributed by atoms with Gasteiger partial charge in [-0.05, 0) is 20.8 Å². The van der Waals surface area contributed by atoms with Crippen LogP contribution >= 0.6 is 0 Å². The summed E-state index contributed by atoms with van der Waals surface area (Å²) in [5, 5.41) is 11.1. The van der Waals surface area contributed by atoms with Gasteiger partial charge in [0.2, 0.25) is 0 Å². The molecule has 0 amide bonds. The van der Waals surface area contributed by atoms with E-state index in [9.17, 15) is 9.59 Å². The lowest BCUT2D eigenvalue weighted by Crippen LogP contribution is -2.34. The summed E-state index contributed by atoms with van der Waals surface area (Å²) in [6.07, 6.45) is -1.58. The highest BCUT2D eigenvalue weighted by Crippen LogP contribution is 1.93. The fourth-order valence-corrected chi connectivity index (χ4v) is 0.975. The minimum Gasteiger partial charge on any atom is -0.462 e. The second-order valence-electron chi connectivity index (χ2n) is 3.62. The van der Waals surface area contributed by atoms with Gasteiger partial charge < -0.3 is 24.6 Å². The van der Waals surface area contributed by atoms with Crippen LogP contribution in [0.4, 0.5) is 4.79 Å². The molecule has 0 spiro atoms. The van der Waals surface area contributed by atoms with Gasteiger partial charge in [0.25, 0.3) is 0 Å². The molecule has 0 saturated carbocycles. The Morgan fingerprint density at radius 3 is 2.41 bits per heavy atom. The molecule has 7 heteroatoms. The normalized spacial score (nSPS) is 12.1. The quantitative estimate of drug-likeness (QED) is 0.485. The zero-order chi connectivity index (χ0) is 13.3. The van der Waals surface area contributed by atoms with E-state index in [1.807, 2.05) is 0 Å². The molecule has 0 rings (SSSR count). The van der Waals surface area contributed by atoms with E-state index in [4.69, 9.17) is 14.6 Å². The molecule has 0 aliphatic heterocycles. The summed E-state index contributed by atoms with van der Waals surface area (Å²) in [6, 6.07) is 0. The number of rotatable bonds is 7. The molecule has 0 aromatic rings. The first-order chi connectivity index (χ1) is 7.95. The third-order valence-corrected chi connectivity index (χ3v) is 1.55. The van der Waals surface area contributed by atoms with E-state index >= 15 is 0 Å². The number of carbonyl (C=O) groups excluding carboxylic acids is 2. The third kappa shape index (κ3) is 9.58. The van der Waals surface area contributed by atoms with Crippen molar-refractivity contribution in [2.24, 2.45) is 0 Å². The van der Waals surface area contributed by atoms with Gasteiger partial charge in [0.15, 0.2) is 6.79 Å². The predicted octanol–water partition coefficient (Wildman–Crippen LogP) is 0.0191. The minimum atomic E-state index is -0.952. The Morgan fingerprint density at radius 1 is 1.24 bits per heavy atom. The first-order valence-corrected chi connectivity index (χ1v) is 5.30. The molecule has 7 nitrogen and oxygen atoms in total. The number of hydrogen-bond donors (Lipinski definition) is 2. The van der Waals surface area contributed by atoms with Gasteiger partial charge in [0.05, 0.1) is 12.6 Å². The molecule has 0 bridgehead atoms. The van der Waals surface area contributed by atoms with Crippen LogP contribution in [0.15, 0.2) is 0 Å². The average molecular weight is 249 g/mol. The van der Waals surface area contributed by atoms with Crippen molar-refractivity contribution < 1.29 is 28.9 Å². The molecular weight excluding hydrogens is 230 g/mol. The second-order valence-corrected chi connectivity index (χ2v) is 3.62. The number of ether oxygens (including phenoxy) is 3. The van der Waals surface area contributed by atoms with E-state index in [1.54, 1.807) is 20.8 Å². The number of nitrogens with one attached hydrogen (secondary N) is 1. The van der Waals surface area contributed by atoms with Gasteiger partial charge in [0, 0.05) is 6.54 Å². The van der Waals surface area contributed by atoms with Crippen molar-refractivity contribution in [3.8, 4) is 0 Å². The largest absolute Gasteiger partial charge is 0.510 e. The first kappa shape index (κ1) is 15.7. The zero-order valence-electron chi connectivity index (χ0n) is 10.3. The molecule has 0 heterocycles. The molecule has 0 saturated heterocycles. The summed E-state index contributed by atoms with van der Waals surface area (Å²) in [5.41, 5.74) is 0. The van der Waals surface area contributed by atoms with Crippen molar-refractivity contribution in [2.75, 3.05) is 19.9 Å². The number of esters is 1. The van der Waals surface area contributed by atoms with Gasteiger partial charge in [-0.1, -0.05) is 0 Å². The van der Waals surface area contributed by atoms with E-state index in [0.717, 1.165) is 0 Å². The Morgan fingerprint density at radius 2 is 1.88 bits per heavy atom. The molecule has 0 fully saturated rings. The third-order valence-electron chi connectivity index (χ3n) is 1.55. The van der Waals surface area contributed by atoms with Gasteiger partial charge in [-0.2, -0.15) is 0 Å². The van der Waals surface area contributed by atoms with Crippen LogP contribution in [0, 0.1) is 0 Å². The van der Waals surface area contributed by atoms with Crippen LogP contribution in [0.1, 0.15) is 20.8 Å². The molecule has 0 aliphatic carbocycles. The van der Waals surface area contributed by atoms with E-state index in [0.29, 0.717) is 0 Å². The fourth-order valence-electron chi connectivity index (χ4n) is 0.975. The van der Waals surface area contributed by atoms with Gasteiger partial charge in [-0.3, -0.25) is 4.79 Å². The van der Waals surface area contributed by atoms with Crippen molar-refractivity contribution >= 4 is 12.1 Å². The monoisotopic (exact) mass is 249 g/mol. The van der Waals surface area contributed by atoms with Crippen molar-refractivity contribution in [3.05, 3.63) is 0 Å². The van der Waals surface area contributed by atoms with Crippen LogP contribution in [0.5, 0.6) is 0 Å². The zero-order valence-corrected chi connectivity index (χ0v) is 10.3. The SMILES string of the molecule is CC(C)OC(=O)CNCC(C)OC(=O)OCO. The molecule has 0 aliphatic rings. The van der Waals surface area contributed by atoms with Crippen molar-refractivity contribution in [1.29, 1.82) is 0 Å². The number of hydrogen-bond acceptors (Lipinski definition) is 7. The molecule has 1 atom stereocenters. The van der Waals surface area contributed by atoms with Gasteiger partial charge >= 0.3 is 12.1 Å². The summed E-state index contributed by atoms with van der Waals surface area (Å²) < 4.78 is 13.8. The summed E-state index contributed by atoms with van der Waals surface area (Å²) in [5.74, 6) is -0.370. The summed E-state index contributed by atoms with van der Waals surface area (Å²) >= 11 is 0. The minimum absolute atomic E-state index is 0.0426. The van der Waals surface area contributed by atoms with Crippen LogP contribution in [-0.2, 0) is 19.0 Å². The highest BCUT2D eigenvalue weighted by molar-refractivity contribution is 5.71. The number of carbonyl (C=O) groups is 2. The summed E-state index contributed by atoms with van der Waals surface area (Å²) in [7, 11) is 0. The summed E-state index contributed by atoms with van der Waals surface area (Å²) in [6.45, 7) is 4.75. The van der Waals surface area contributed by atoms with Crippen molar-refractivity contribution in [1.82, 2.24) is 5.32 Å². The highest BCUT2D eigenvalue weighted by Gasteiger charge is 2.11. The van der Waals surface area contributed by atoms with Gasteiger partial charge in [-0.25, -0.2) is 4.79 Å². The highest BCUT2D eigenvalue weighted by atomic mass is 16.8. The van der Waals surface area contributed by atoms with Crippen molar-refractivity contribution in [2.45, 2.75) is 33.0 Å². The smallest absolute Gasteiger partial charge is 0.462 e. The van der Waals surface area contributed by atoms with Crippen LogP contribution in [0.3, 0.4) is 0 Å². The Bertz CT molecular complexity index is 243. The van der Waals surface area contributed by atoms with Gasteiger partial charge in [0.1, 0.15) is 6.10 Å². The Kier molecular flexibility index (Phi) is 8.08. The van der Waals surface area contributed by atoms with E-state index in [1.165, 1.54) is 0 Å². The standard InChI is InChI=1S/C10H19NO6/c1-7(2)16-9(13)5-11-4-8(3)17-10(14)15-6-12/h7-8,11-12H,4-6H2,1-3H3. The van der Waals surface area contributed by atoms with E-state index in [-0.39, 0.29) is 25.2 Å². The van der Waals surface area contributed by atoms with Gasteiger partial charge in [-0.15, -0.1) is 0 Å². The fraction of sp³-hybridized carbons (Fsp3) is 0.800. The van der Waals surface area contributed by atoms with Crippen LogP contribution < -0.4 is 5.32 Å². The predicted molar refractivity (Wildman–Crippen MR) is 58.2 cm³/mol. The van der Waals surface area contributed by atoms with Crippen LogP contribution in [-0.4, -0.2) is 49.3 Å². The molecule has 100 valence electrons. The topological polar surface area (TPSA) is 94.1 Å². The van der Waals surface area contributed by atoms with Crippen LogP contribution in [0.25, 0.3) is 0 Å². The molecule has 17 heavy (non-hydrogen) atoms. The lowest BCUT2D eigenvalue weighted by atomic mass is 10.4. The second kappa shape index (κ2) is 8.77. The molecule has 2 N–H and O–H groups in total. The Hall–Kier alpha value is -1.34.